The van der Waals surface area contributed by atoms with Gasteiger partial charge in [-0.2, -0.15) is 79.0 Å². The fourth-order valence-electron chi connectivity index (χ4n) is 4.98. The number of aliphatic hydroxyl groups is 4. The number of alkyl halides is 18. The normalized spacial score (nSPS) is 16.0. The predicted octanol–water partition coefficient (Wildman–Crippen LogP) is 2.45. The second-order valence-corrected chi connectivity index (χ2v) is 13.3. The van der Waals surface area contributed by atoms with Gasteiger partial charge in [0.25, 0.3) is 11.2 Å². The van der Waals surface area contributed by atoms with Crippen LogP contribution in [0.25, 0.3) is 0 Å². The van der Waals surface area contributed by atoms with Crippen molar-refractivity contribution in [3.05, 3.63) is 38.2 Å². The molecule has 0 aromatic heterocycles. The van der Waals surface area contributed by atoms with Crippen LogP contribution in [-0.2, 0) is 23.9 Å². The van der Waals surface area contributed by atoms with Crippen LogP contribution in [-0.4, -0.2) is 156 Å². The summed E-state index contributed by atoms with van der Waals surface area (Å²) >= 11 is 4.87. The monoisotopic (exact) mass is 1160 g/mol. The third-order valence-corrected chi connectivity index (χ3v) is 8.66. The van der Waals surface area contributed by atoms with E-state index in [4.69, 9.17) is 21.8 Å². The fraction of sp³-hybridized carbons (Fsp3) is 0.727. The second-order valence-electron chi connectivity index (χ2n) is 13.0. The van der Waals surface area contributed by atoms with E-state index in [-0.39, 0.29) is 111 Å². The van der Waals surface area contributed by atoms with Gasteiger partial charge in [0.15, 0.2) is 5.60 Å². The quantitative estimate of drug-likeness (QED) is 0.0754. The van der Waals surface area contributed by atoms with Crippen LogP contribution < -0.4 is 34.0 Å². The molecule has 0 aromatic rings. The van der Waals surface area contributed by atoms with Gasteiger partial charge in [0.1, 0.15) is 5.60 Å². The maximum atomic E-state index is 13.0. The molecule has 65 heavy (non-hydrogen) atoms. The Morgan fingerprint density at radius 3 is 1.02 bits per heavy atom. The van der Waals surface area contributed by atoms with Crippen molar-refractivity contribution in [3.8, 4) is 0 Å². The molecule has 0 unspecified atom stereocenters. The molecule has 2 aliphatic rings. The molecule has 9 nitrogen and oxygen atoms in total. The molecule has 0 atom stereocenters. The molecule has 0 aromatic carbocycles. The van der Waals surface area contributed by atoms with Crippen molar-refractivity contribution < 1.29 is 157 Å². The Balaban J connectivity index is -0.000000138. The number of halogens is 21. The van der Waals surface area contributed by atoms with Gasteiger partial charge in [0.05, 0.1) is 7.11 Å². The molecule has 2 saturated carbocycles. The molecule has 2 aliphatic carbocycles. The zero-order chi connectivity index (χ0) is 49.9. The fourth-order valence-corrected chi connectivity index (χ4v) is 4.98. The molecule has 0 heterocycles. The Labute approximate surface area is 418 Å². The van der Waals surface area contributed by atoms with Crippen molar-refractivity contribution in [2.45, 2.75) is 143 Å². The van der Waals surface area contributed by atoms with E-state index in [1.54, 1.807) is 6.92 Å². The molecule has 0 bridgehead atoms. The van der Waals surface area contributed by atoms with Gasteiger partial charge in [-0.15, -0.1) is 0 Å². The van der Waals surface area contributed by atoms with Gasteiger partial charge >= 0.3 is 101 Å². The Morgan fingerprint density at radius 2 is 0.846 bits per heavy atom. The van der Waals surface area contributed by atoms with Crippen LogP contribution >= 0.6 is 11.6 Å². The largest absolute Gasteiger partial charge is 2.00 e. The summed E-state index contributed by atoms with van der Waals surface area (Å²) in [5.41, 5.74) is -21.9. The van der Waals surface area contributed by atoms with Crippen molar-refractivity contribution in [1.29, 1.82) is 0 Å². The number of allylic oxidation sites excluding steroid dienone is 1. The van der Waals surface area contributed by atoms with Gasteiger partial charge in [-0.3, -0.25) is 4.79 Å². The van der Waals surface area contributed by atoms with Gasteiger partial charge in [-0.25, -0.2) is 22.4 Å². The zero-order valence-electron chi connectivity index (χ0n) is 34.1. The zero-order valence-corrected chi connectivity index (χ0v) is 40.8. The summed E-state index contributed by atoms with van der Waals surface area (Å²) in [7, 11) is 0.296. The Kier molecular flexibility index (Phi) is 35.0. The number of ether oxygens (including phenoxy) is 2. The Morgan fingerprint density at radius 1 is 0.585 bits per heavy atom. The van der Waals surface area contributed by atoms with E-state index in [1.807, 2.05) is 0 Å². The molecule has 0 aliphatic heterocycles. The first-order valence-electron chi connectivity index (χ1n) is 16.5. The average Bonchev–Trinajstić information content (AvgIpc) is 3.75. The molecular formula is C33H41Br2ClF18Mg2O9. The van der Waals surface area contributed by atoms with Crippen LogP contribution in [0, 0.1) is 13.8 Å². The van der Waals surface area contributed by atoms with Crippen molar-refractivity contribution in [2.75, 3.05) is 7.11 Å². The predicted molar refractivity (Wildman–Crippen MR) is 186 cm³/mol. The SMILES string of the molecule is C=C(C)C(=O)Cl.C=C(C)C(=O)OC1(C(O)(C(F)(F)F)C(F)(F)F)CCCC1.COC(=O)C(O)(C(F)(F)F)C(F)(F)F.OC1(C(O)(C(F)(F)F)C(F)(F)F)CCCC1.[Br-].[Br-].[CH2-]CC[CH2-].[Mg+2].[Mg+2]. The molecule has 378 valence electrons. The number of unbranched alkanes of at least 4 members (excludes halogenated alkanes) is 1. The third kappa shape index (κ3) is 19.3. The van der Waals surface area contributed by atoms with Gasteiger partial charge < -0.3 is 77.7 Å². The number of carbonyl (C=O) groups is 3. The van der Waals surface area contributed by atoms with Gasteiger partial charge in [-0.05, 0) is 64.0 Å². The van der Waals surface area contributed by atoms with Crippen LogP contribution in [0.2, 0.25) is 0 Å². The van der Waals surface area contributed by atoms with E-state index in [1.165, 1.54) is 0 Å². The van der Waals surface area contributed by atoms with Gasteiger partial charge in [-0.1, -0.05) is 26.0 Å². The first-order chi connectivity index (χ1) is 26.8. The van der Waals surface area contributed by atoms with Crippen LogP contribution in [0.3, 0.4) is 0 Å². The standard InChI is InChI=1S/C12H14F6O3.C8H10F6O2.C5H4F6O3.C4H5ClO.C4H8.2BrH.2Mg/c1-7(2)8(19)21-9(5-3-4-6-9)10(20,11(13,14)15)12(16,17)18;9-7(10,11)6(16,8(12,13)14)5(15)3-1-2-4-5;1-14-2(12)3(13,4(6,7)8)5(9,10)11;1-3(2)4(5)6;1-3-4-2;;;;/h20H,1,3-6H2,2H3;15-16H,1-4H2;13H,1H3;1H2,2H3;1-4H2;2*1H;;/q;;;;-2;;;2*+2/p-2. The van der Waals surface area contributed by atoms with E-state index in [9.17, 15) is 104 Å². The third-order valence-electron chi connectivity index (χ3n) is 8.34. The molecular weight excluding hydrogens is 1130 g/mol. The van der Waals surface area contributed by atoms with Crippen LogP contribution in [0.5, 0.6) is 0 Å². The summed E-state index contributed by atoms with van der Waals surface area (Å²) in [6.07, 6.45) is -37.4. The topological polar surface area (TPSA) is 151 Å². The van der Waals surface area contributed by atoms with Crippen molar-refractivity contribution >= 4 is 74.9 Å². The van der Waals surface area contributed by atoms with Crippen molar-refractivity contribution in [1.82, 2.24) is 0 Å². The summed E-state index contributed by atoms with van der Waals surface area (Å²) in [6.45, 7) is 16.1. The molecule has 32 heteroatoms. The first-order valence-corrected chi connectivity index (χ1v) is 16.9. The summed E-state index contributed by atoms with van der Waals surface area (Å²) in [5, 5.41) is 35.6. The smallest absolute Gasteiger partial charge is 1.00 e. The number of rotatable bonds is 7. The molecule has 0 spiro atoms. The number of carbonyl (C=O) groups excluding carboxylic acids is 3. The number of esters is 2. The van der Waals surface area contributed by atoms with Crippen LogP contribution in [0.4, 0.5) is 79.0 Å². The summed E-state index contributed by atoms with van der Waals surface area (Å²) < 4.78 is 230. The van der Waals surface area contributed by atoms with Crippen molar-refractivity contribution in [2.24, 2.45) is 0 Å². The van der Waals surface area contributed by atoms with E-state index in [0.717, 1.165) is 19.8 Å². The average molecular weight is 1170 g/mol. The minimum atomic E-state index is -6.18. The maximum Gasteiger partial charge on any atom is 2.00 e. The van der Waals surface area contributed by atoms with Crippen molar-refractivity contribution in [3.63, 3.8) is 0 Å². The number of hydrogen-bond acceptors (Lipinski definition) is 9. The summed E-state index contributed by atoms with van der Waals surface area (Å²) in [5.74, 6) is -4.22. The molecule has 4 N–H and O–H groups in total. The molecule has 0 amide bonds. The second kappa shape index (κ2) is 29.0. The molecule has 0 radical (unpaired) electrons. The first kappa shape index (κ1) is 78.6. The Bertz CT molecular complexity index is 1420. The molecule has 2 rings (SSSR count). The molecule has 0 saturated heterocycles. The minimum Gasteiger partial charge on any atom is -1.00 e. The van der Waals surface area contributed by atoms with Gasteiger partial charge in [0.2, 0.25) is 5.24 Å². The summed E-state index contributed by atoms with van der Waals surface area (Å²) in [6, 6.07) is 0. The minimum absolute atomic E-state index is 0. The van der Waals surface area contributed by atoms with Crippen LogP contribution in [0.15, 0.2) is 24.3 Å². The Hall–Kier alpha value is -0.548. The van der Waals surface area contributed by atoms with Crippen LogP contribution in [0.1, 0.15) is 78.1 Å². The van der Waals surface area contributed by atoms with E-state index >= 15 is 0 Å². The molecule has 2 fully saturated rings. The van der Waals surface area contributed by atoms with E-state index < -0.39 is 108 Å². The summed E-state index contributed by atoms with van der Waals surface area (Å²) in [4.78, 5) is 31.5. The number of methoxy groups -OCH3 is 1. The van der Waals surface area contributed by atoms with E-state index in [2.05, 4.69) is 36.5 Å². The van der Waals surface area contributed by atoms with E-state index in [0.29, 0.717) is 12.7 Å². The van der Waals surface area contributed by atoms with Gasteiger partial charge in [0, 0.05) is 11.1 Å². The number of hydrogen-bond donors (Lipinski definition) is 4. The maximum absolute atomic E-state index is 13.0.